The van der Waals surface area contributed by atoms with E-state index in [0.29, 0.717) is 12.2 Å². The summed E-state index contributed by atoms with van der Waals surface area (Å²) in [5, 5.41) is 3.21. The number of nitrogens with one attached hydrogen (secondary N) is 1. The number of pyridine rings is 1. The van der Waals surface area contributed by atoms with Gasteiger partial charge in [0.05, 0.1) is 11.7 Å². The molecule has 1 N–H and O–H groups in total. The number of nitrogens with zero attached hydrogens (tertiary/aromatic N) is 1. The lowest BCUT2D eigenvalue weighted by Crippen LogP contribution is -2.25. The third-order valence-corrected chi connectivity index (χ3v) is 3.62. The van der Waals surface area contributed by atoms with Gasteiger partial charge in [0.25, 0.3) is 0 Å². The van der Waals surface area contributed by atoms with Gasteiger partial charge in [-0.05, 0) is 47.1 Å². The Kier molecular flexibility index (Phi) is 5.20. The monoisotopic (exact) mass is 340 g/mol. The Balaban J connectivity index is 2.47. The molecule has 1 aromatic carbocycles. The van der Waals surface area contributed by atoms with Gasteiger partial charge in [0.15, 0.2) is 11.6 Å². The molecule has 0 saturated heterocycles. The Morgan fingerprint density at radius 2 is 2.05 bits per heavy atom. The van der Waals surface area contributed by atoms with Crippen molar-refractivity contribution in [2.24, 2.45) is 0 Å². The SMILES string of the molecule is CCCNC(c1cccc(F)c1F)c1ncccc1Br. The third-order valence-electron chi connectivity index (χ3n) is 2.95. The summed E-state index contributed by atoms with van der Waals surface area (Å²) in [4.78, 5) is 4.28. The molecule has 0 amide bonds. The van der Waals surface area contributed by atoms with Gasteiger partial charge in [0.1, 0.15) is 0 Å². The maximum atomic E-state index is 14.0. The first-order valence-corrected chi connectivity index (χ1v) is 7.22. The first kappa shape index (κ1) is 15.1. The normalized spacial score (nSPS) is 12.4. The minimum atomic E-state index is -0.849. The Bertz CT molecular complexity index is 590. The van der Waals surface area contributed by atoms with Crippen LogP contribution in [0.15, 0.2) is 41.0 Å². The van der Waals surface area contributed by atoms with Crippen LogP contribution in [0.3, 0.4) is 0 Å². The molecule has 0 fully saturated rings. The fraction of sp³-hybridized carbons (Fsp3) is 0.267. The summed E-state index contributed by atoms with van der Waals surface area (Å²) in [6.45, 7) is 2.70. The zero-order chi connectivity index (χ0) is 14.5. The summed E-state index contributed by atoms with van der Waals surface area (Å²) >= 11 is 3.41. The van der Waals surface area contributed by atoms with Crippen molar-refractivity contribution in [2.45, 2.75) is 19.4 Å². The zero-order valence-corrected chi connectivity index (χ0v) is 12.6. The molecule has 20 heavy (non-hydrogen) atoms. The molecular formula is C15H15BrF2N2. The average Bonchev–Trinajstić information content (AvgIpc) is 2.45. The van der Waals surface area contributed by atoms with Crippen molar-refractivity contribution in [1.29, 1.82) is 0 Å². The molecule has 5 heteroatoms. The minimum absolute atomic E-state index is 0.262. The molecule has 0 spiro atoms. The van der Waals surface area contributed by atoms with Crippen LogP contribution in [0.5, 0.6) is 0 Å². The molecule has 1 atom stereocenters. The molecule has 0 radical (unpaired) electrons. The molecule has 0 aliphatic rings. The van der Waals surface area contributed by atoms with Crippen molar-refractivity contribution in [2.75, 3.05) is 6.54 Å². The van der Waals surface area contributed by atoms with Crippen molar-refractivity contribution in [3.05, 3.63) is 63.9 Å². The van der Waals surface area contributed by atoms with Gasteiger partial charge >= 0.3 is 0 Å². The van der Waals surface area contributed by atoms with Crippen molar-refractivity contribution in [3.63, 3.8) is 0 Å². The van der Waals surface area contributed by atoms with E-state index in [9.17, 15) is 8.78 Å². The van der Waals surface area contributed by atoms with Crippen LogP contribution < -0.4 is 5.32 Å². The highest BCUT2D eigenvalue weighted by Gasteiger charge is 2.22. The lowest BCUT2D eigenvalue weighted by atomic mass is 10.0. The summed E-state index contributed by atoms with van der Waals surface area (Å²) in [6, 6.07) is 7.33. The predicted octanol–water partition coefficient (Wildman–Crippen LogP) is 4.21. The van der Waals surface area contributed by atoms with Crippen molar-refractivity contribution in [3.8, 4) is 0 Å². The van der Waals surface area contributed by atoms with Crippen LogP contribution in [0.25, 0.3) is 0 Å². The van der Waals surface area contributed by atoms with Crippen LogP contribution >= 0.6 is 15.9 Å². The van der Waals surface area contributed by atoms with E-state index in [4.69, 9.17) is 0 Å². The van der Waals surface area contributed by atoms with E-state index in [0.717, 1.165) is 17.0 Å². The van der Waals surface area contributed by atoms with E-state index in [1.54, 1.807) is 18.3 Å². The molecule has 2 rings (SSSR count). The number of benzene rings is 1. The largest absolute Gasteiger partial charge is 0.305 e. The Morgan fingerprint density at radius 1 is 1.25 bits per heavy atom. The maximum Gasteiger partial charge on any atom is 0.163 e. The fourth-order valence-electron chi connectivity index (χ4n) is 2.00. The summed E-state index contributed by atoms with van der Waals surface area (Å²) < 4.78 is 28.2. The summed E-state index contributed by atoms with van der Waals surface area (Å²) in [5.41, 5.74) is 0.906. The number of hydrogen-bond acceptors (Lipinski definition) is 2. The molecule has 106 valence electrons. The Labute approximate surface area is 125 Å². The maximum absolute atomic E-state index is 14.0. The predicted molar refractivity (Wildman–Crippen MR) is 78.4 cm³/mol. The lowest BCUT2D eigenvalue weighted by molar-refractivity contribution is 0.477. The van der Waals surface area contributed by atoms with Gasteiger partial charge in [-0.2, -0.15) is 0 Å². The third kappa shape index (κ3) is 3.22. The van der Waals surface area contributed by atoms with Gasteiger partial charge in [0.2, 0.25) is 0 Å². The minimum Gasteiger partial charge on any atom is -0.305 e. The number of halogens is 3. The fourth-order valence-corrected chi connectivity index (χ4v) is 2.48. The molecule has 0 aliphatic heterocycles. The summed E-state index contributed by atoms with van der Waals surface area (Å²) in [7, 11) is 0. The van der Waals surface area contributed by atoms with Gasteiger partial charge in [-0.3, -0.25) is 4.98 Å². The highest BCUT2D eigenvalue weighted by molar-refractivity contribution is 9.10. The van der Waals surface area contributed by atoms with Crippen LogP contribution in [-0.2, 0) is 0 Å². The van der Waals surface area contributed by atoms with Crippen molar-refractivity contribution >= 4 is 15.9 Å². The Morgan fingerprint density at radius 3 is 2.75 bits per heavy atom. The first-order valence-electron chi connectivity index (χ1n) is 6.42. The van der Waals surface area contributed by atoms with Gasteiger partial charge in [-0.1, -0.05) is 19.1 Å². The van der Waals surface area contributed by atoms with Gasteiger partial charge in [-0.15, -0.1) is 0 Å². The molecule has 1 aromatic heterocycles. The van der Waals surface area contributed by atoms with Crippen LogP contribution in [0.2, 0.25) is 0 Å². The molecule has 1 unspecified atom stereocenters. The second kappa shape index (κ2) is 6.90. The highest BCUT2D eigenvalue weighted by Crippen LogP contribution is 2.29. The zero-order valence-electron chi connectivity index (χ0n) is 11.0. The van der Waals surface area contributed by atoms with Crippen LogP contribution in [-0.4, -0.2) is 11.5 Å². The topological polar surface area (TPSA) is 24.9 Å². The number of aromatic nitrogens is 1. The quantitative estimate of drug-likeness (QED) is 0.881. The number of hydrogen-bond donors (Lipinski definition) is 1. The first-order chi connectivity index (χ1) is 9.65. The van der Waals surface area contributed by atoms with Crippen molar-refractivity contribution in [1.82, 2.24) is 10.3 Å². The van der Waals surface area contributed by atoms with E-state index in [2.05, 4.69) is 26.2 Å². The number of rotatable bonds is 5. The van der Waals surface area contributed by atoms with Crippen LogP contribution in [0.4, 0.5) is 8.78 Å². The van der Waals surface area contributed by atoms with Gasteiger partial charge < -0.3 is 5.32 Å². The molecule has 0 bridgehead atoms. The molecule has 0 saturated carbocycles. The average molecular weight is 341 g/mol. The molecule has 0 aliphatic carbocycles. The smallest absolute Gasteiger partial charge is 0.163 e. The molecule has 1 heterocycles. The Hall–Kier alpha value is -1.33. The second-order valence-corrected chi connectivity index (χ2v) is 5.25. The molecule has 2 aromatic rings. The van der Waals surface area contributed by atoms with E-state index in [1.807, 2.05) is 13.0 Å². The molecular weight excluding hydrogens is 326 g/mol. The summed E-state index contributed by atoms with van der Waals surface area (Å²) in [5.74, 6) is -1.68. The highest BCUT2D eigenvalue weighted by atomic mass is 79.9. The van der Waals surface area contributed by atoms with Crippen molar-refractivity contribution < 1.29 is 8.78 Å². The summed E-state index contributed by atoms with van der Waals surface area (Å²) in [6.07, 6.45) is 2.52. The van der Waals surface area contributed by atoms with E-state index in [-0.39, 0.29) is 5.56 Å². The standard InChI is InChI=1S/C15H15BrF2N2/c1-2-8-19-14(15-11(16)6-4-9-20-15)10-5-3-7-12(17)13(10)18/h3-7,9,14,19H,2,8H2,1H3. The van der Waals surface area contributed by atoms with Gasteiger partial charge in [0, 0.05) is 16.2 Å². The van der Waals surface area contributed by atoms with Crippen LogP contribution in [0, 0.1) is 11.6 Å². The van der Waals surface area contributed by atoms with E-state index < -0.39 is 17.7 Å². The second-order valence-electron chi connectivity index (χ2n) is 4.40. The lowest BCUT2D eigenvalue weighted by Gasteiger charge is -2.20. The van der Waals surface area contributed by atoms with E-state index in [1.165, 1.54) is 6.07 Å². The van der Waals surface area contributed by atoms with Crippen LogP contribution in [0.1, 0.15) is 30.6 Å². The molecule has 2 nitrogen and oxygen atoms in total. The van der Waals surface area contributed by atoms with E-state index >= 15 is 0 Å². The van der Waals surface area contributed by atoms with Gasteiger partial charge in [-0.25, -0.2) is 8.78 Å².